The first-order valence-corrected chi connectivity index (χ1v) is 6.56. The van der Waals surface area contributed by atoms with E-state index in [0.29, 0.717) is 5.33 Å². The molecule has 2 nitrogen and oxygen atoms in total. The lowest BCUT2D eigenvalue weighted by Gasteiger charge is -2.26. The van der Waals surface area contributed by atoms with Crippen LogP contribution in [0.1, 0.15) is 25.8 Å². The zero-order chi connectivity index (χ0) is 12.0. The van der Waals surface area contributed by atoms with Gasteiger partial charge in [0.15, 0.2) is 0 Å². The maximum Gasteiger partial charge on any atom is 0.231 e. The van der Waals surface area contributed by atoms with Crippen LogP contribution in [0.2, 0.25) is 0 Å². The molecule has 0 aromatic heterocycles. The summed E-state index contributed by atoms with van der Waals surface area (Å²) in [5.74, 6) is 0.0399. The molecule has 1 aromatic carbocycles. The zero-order valence-corrected chi connectivity index (χ0v) is 11.4. The van der Waals surface area contributed by atoms with Crippen LogP contribution in [0.3, 0.4) is 0 Å². The van der Waals surface area contributed by atoms with Crippen LogP contribution in [0.4, 0.5) is 0 Å². The van der Waals surface area contributed by atoms with E-state index in [-0.39, 0.29) is 11.4 Å². The minimum absolute atomic E-state index is 0.0399. The first-order chi connectivity index (χ1) is 7.53. The standard InChI is InChI=1S/C13H18BrNO/c1-13(2,15-12(16)10-14)9-8-11-6-4-3-5-7-11/h3-7H,8-10H2,1-2H3,(H,15,16). The summed E-state index contributed by atoms with van der Waals surface area (Å²) in [6, 6.07) is 10.3. The summed E-state index contributed by atoms with van der Waals surface area (Å²) in [6.07, 6.45) is 1.92. The lowest BCUT2D eigenvalue weighted by Crippen LogP contribution is -2.44. The van der Waals surface area contributed by atoms with Crippen LogP contribution in [0.5, 0.6) is 0 Å². The predicted molar refractivity (Wildman–Crippen MR) is 70.8 cm³/mol. The van der Waals surface area contributed by atoms with Gasteiger partial charge in [0.2, 0.25) is 5.91 Å². The number of hydrogen-bond donors (Lipinski definition) is 1. The molecule has 0 saturated carbocycles. The Morgan fingerprint density at radius 3 is 2.50 bits per heavy atom. The van der Waals surface area contributed by atoms with Crippen molar-refractivity contribution >= 4 is 21.8 Å². The van der Waals surface area contributed by atoms with Gasteiger partial charge >= 0.3 is 0 Å². The zero-order valence-electron chi connectivity index (χ0n) is 9.79. The lowest BCUT2D eigenvalue weighted by atomic mass is 9.95. The Kier molecular flexibility index (Phi) is 5.00. The normalized spacial score (nSPS) is 11.2. The highest BCUT2D eigenvalue weighted by Crippen LogP contribution is 2.13. The van der Waals surface area contributed by atoms with Gasteiger partial charge in [0, 0.05) is 5.54 Å². The lowest BCUT2D eigenvalue weighted by molar-refractivity contribution is -0.120. The molecular formula is C13H18BrNO. The van der Waals surface area contributed by atoms with Crippen LogP contribution in [0.25, 0.3) is 0 Å². The SMILES string of the molecule is CC(C)(CCc1ccccc1)NC(=O)CBr. The number of benzene rings is 1. The van der Waals surface area contributed by atoms with Crippen LogP contribution in [-0.4, -0.2) is 16.8 Å². The Bertz CT molecular complexity index is 335. The van der Waals surface area contributed by atoms with E-state index in [4.69, 9.17) is 0 Å². The average molecular weight is 284 g/mol. The average Bonchev–Trinajstić information content (AvgIpc) is 2.27. The summed E-state index contributed by atoms with van der Waals surface area (Å²) >= 11 is 3.15. The van der Waals surface area contributed by atoms with Gasteiger partial charge in [-0.3, -0.25) is 4.79 Å². The maximum absolute atomic E-state index is 11.3. The largest absolute Gasteiger partial charge is 0.350 e. The van der Waals surface area contributed by atoms with Gasteiger partial charge in [-0.1, -0.05) is 46.3 Å². The molecule has 3 heteroatoms. The van der Waals surface area contributed by atoms with E-state index in [0.717, 1.165) is 12.8 Å². The highest BCUT2D eigenvalue weighted by atomic mass is 79.9. The first kappa shape index (κ1) is 13.2. The molecule has 0 unspecified atom stereocenters. The third-order valence-electron chi connectivity index (χ3n) is 2.48. The number of halogens is 1. The first-order valence-electron chi connectivity index (χ1n) is 5.44. The molecular weight excluding hydrogens is 266 g/mol. The van der Waals surface area contributed by atoms with Crippen LogP contribution in [0, 0.1) is 0 Å². The van der Waals surface area contributed by atoms with Crippen LogP contribution in [0.15, 0.2) is 30.3 Å². The maximum atomic E-state index is 11.3. The molecule has 0 bridgehead atoms. The van der Waals surface area contributed by atoms with E-state index in [2.05, 4.69) is 47.2 Å². The summed E-state index contributed by atoms with van der Waals surface area (Å²) in [5, 5.41) is 3.35. The third-order valence-corrected chi connectivity index (χ3v) is 2.99. The number of hydrogen-bond acceptors (Lipinski definition) is 1. The molecule has 1 N–H and O–H groups in total. The van der Waals surface area contributed by atoms with Crippen LogP contribution >= 0.6 is 15.9 Å². The van der Waals surface area contributed by atoms with Crippen molar-refractivity contribution < 1.29 is 4.79 Å². The molecule has 1 aromatic rings. The summed E-state index contributed by atoms with van der Waals surface area (Å²) < 4.78 is 0. The summed E-state index contributed by atoms with van der Waals surface area (Å²) in [5.41, 5.74) is 1.16. The van der Waals surface area contributed by atoms with Gasteiger partial charge < -0.3 is 5.32 Å². The number of amides is 1. The molecule has 16 heavy (non-hydrogen) atoms. The topological polar surface area (TPSA) is 29.1 Å². The fraction of sp³-hybridized carbons (Fsp3) is 0.462. The number of alkyl halides is 1. The van der Waals surface area contributed by atoms with Gasteiger partial charge in [-0.25, -0.2) is 0 Å². The number of aryl methyl sites for hydroxylation is 1. The van der Waals surface area contributed by atoms with Gasteiger partial charge in [0.05, 0.1) is 5.33 Å². The van der Waals surface area contributed by atoms with E-state index < -0.39 is 0 Å². The van der Waals surface area contributed by atoms with Crippen molar-refractivity contribution in [1.29, 1.82) is 0 Å². The van der Waals surface area contributed by atoms with Crippen molar-refractivity contribution in [2.24, 2.45) is 0 Å². The molecule has 88 valence electrons. The highest BCUT2D eigenvalue weighted by molar-refractivity contribution is 9.09. The fourth-order valence-corrected chi connectivity index (χ4v) is 1.72. The molecule has 0 aliphatic carbocycles. The van der Waals surface area contributed by atoms with E-state index in [1.807, 2.05) is 18.2 Å². The van der Waals surface area contributed by atoms with Crippen molar-refractivity contribution in [2.75, 3.05) is 5.33 Å². The van der Waals surface area contributed by atoms with Gasteiger partial charge in [-0.15, -0.1) is 0 Å². The second kappa shape index (κ2) is 6.04. The molecule has 1 amide bonds. The van der Waals surface area contributed by atoms with Gasteiger partial charge in [-0.05, 0) is 32.3 Å². The minimum atomic E-state index is -0.152. The molecule has 0 spiro atoms. The second-order valence-corrected chi connectivity index (χ2v) is 5.11. The molecule has 0 atom stereocenters. The second-order valence-electron chi connectivity index (χ2n) is 4.55. The van der Waals surface area contributed by atoms with Crippen molar-refractivity contribution in [2.45, 2.75) is 32.2 Å². The molecule has 0 radical (unpaired) electrons. The smallest absolute Gasteiger partial charge is 0.231 e. The van der Waals surface area contributed by atoms with Crippen LogP contribution < -0.4 is 5.32 Å². The van der Waals surface area contributed by atoms with Crippen molar-refractivity contribution in [3.8, 4) is 0 Å². The monoisotopic (exact) mass is 283 g/mol. The minimum Gasteiger partial charge on any atom is -0.350 e. The molecule has 0 fully saturated rings. The van der Waals surface area contributed by atoms with Crippen LogP contribution in [-0.2, 0) is 11.2 Å². The summed E-state index contributed by atoms with van der Waals surface area (Å²) in [4.78, 5) is 11.3. The molecule has 1 rings (SSSR count). The van der Waals surface area contributed by atoms with Crippen molar-refractivity contribution in [3.63, 3.8) is 0 Å². The van der Waals surface area contributed by atoms with Gasteiger partial charge in [-0.2, -0.15) is 0 Å². The van der Waals surface area contributed by atoms with E-state index in [1.54, 1.807) is 0 Å². The number of carbonyl (C=O) groups is 1. The Hall–Kier alpha value is -0.830. The number of nitrogens with one attached hydrogen (secondary N) is 1. The molecule has 0 saturated heterocycles. The third kappa shape index (κ3) is 4.79. The highest BCUT2D eigenvalue weighted by Gasteiger charge is 2.19. The van der Waals surface area contributed by atoms with Gasteiger partial charge in [0.25, 0.3) is 0 Å². The quantitative estimate of drug-likeness (QED) is 0.828. The Labute approximate surface area is 106 Å². The van der Waals surface area contributed by atoms with Crippen molar-refractivity contribution in [1.82, 2.24) is 5.32 Å². The van der Waals surface area contributed by atoms with E-state index >= 15 is 0 Å². The number of carbonyl (C=O) groups excluding carboxylic acids is 1. The summed E-state index contributed by atoms with van der Waals surface area (Å²) in [7, 11) is 0. The molecule has 0 aliphatic rings. The van der Waals surface area contributed by atoms with E-state index in [9.17, 15) is 4.79 Å². The molecule has 0 aliphatic heterocycles. The van der Waals surface area contributed by atoms with Gasteiger partial charge in [0.1, 0.15) is 0 Å². The Morgan fingerprint density at radius 1 is 1.31 bits per heavy atom. The fourth-order valence-electron chi connectivity index (χ4n) is 1.57. The molecule has 0 heterocycles. The number of rotatable bonds is 5. The Morgan fingerprint density at radius 2 is 1.94 bits per heavy atom. The van der Waals surface area contributed by atoms with Crippen molar-refractivity contribution in [3.05, 3.63) is 35.9 Å². The summed E-state index contributed by atoms with van der Waals surface area (Å²) in [6.45, 7) is 4.10. The predicted octanol–water partition coefficient (Wildman–Crippen LogP) is 2.91. The van der Waals surface area contributed by atoms with E-state index in [1.165, 1.54) is 5.56 Å². The Balaban J connectivity index is 2.44.